The van der Waals surface area contributed by atoms with E-state index in [1.807, 2.05) is 6.07 Å². The van der Waals surface area contributed by atoms with Gasteiger partial charge in [0.1, 0.15) is 6.07 Å². The van der Waals surface area contributed by atoms with Crippen molar-refractivity contribution in [3.63, 3.8) is 0 Å². The Labute approximate surface area is 162 Å². The molecule has 0 aliphatic carbocycles. The van der Waals surface area contributed by atoms with Crippen LogP contribution in [0.5, 0.6) is 0 Å². The molecule has 9 heteroatoms. The summed E-state index contributed by atoms with van der Waals surface area (Å²) in [6.07, 6.45) is 2.42. The molecule has 0 atom stereocenters. The molecule has 4 rings (SSSR count). The molecule has 1 aliphatic heterocycles. The van der Waals surface area contributed by atoms with Crippen LogP contribution < -0.4 is 15.5 Å². The predicted molar refractivity (Wildman–Crippen MR) is 105 cm³/mol. The Hall–Kier alpha value is -4.03. The van der Waals surface area contributed by atoms with Gasteiger partial charge in [0.15, 0.2) is 5.01 Å². The van der Waals surface area contributed by atoms with Crippen molar-refractivity contribution in [2.75, 3.05) is 15.5 Å². The maximum absolute atomic E-state index is 12.2. The second kappa shape index (κ2) is 6.94. The summed E-state index contributed by atoms with van der Waals surface area (Å²) < 4.78 is 0.798. The molecule has 28 heavy (non-hydrogen) atoms. The van der Waals surface area contributed by atoms with E-state index in [1.165, 1.54) is 23.5 Å². The highest BCUT2D eigenvalue weighted by molar-refractivity contribution is 7.19. The molecule has 0 unspecified atom stereocenters. The summed E-state index contributed by atoms with van der Waals surface area (Å²) in [5, 5.41) is 14.7. The first-order valence-electron chi connectivity index (χ1n) is 8.08. The zero-order valence-corrected chi connectivity index (χ0v) is 15.0. The van der Waals surface area contributed by atoms with Gasteiger partial charge in [-0.15, -0.1) is 11.3 Å². The summed E-state index contributed by atoms with van der Waals surface area (Å²) in [5.74, 6) is -0.803. The molecule has 2 heterocycles. The van der Waals surface area contributed by atoms with Crippen molar-refractivity contribution in [2.24, 2.45) is 0 Å². The standard InChI is InChI=1S/C19H11N5O3S/c20-10-16-23-14-6-3-12(9-15(14)28-16)22-19(27)21-11-1-4-13(5-2-11)24-17(25)7-8-18(24)26/h1-9H,(H2,21,22,27). The van der Waals surface area contributed by atoms with Crippen LogP contribution in [0.25, 0.3) is 10.2 Å². The molecule has 0 radical (unpaired) electrons. The lowest BCUT2D eigenvalue weighted by Gasteiger charge is -2.14. The van der Waals surface area contributed by atoms with Crippen LogP contribution in [0.2, 0.25) is 0 Å². The first-order valence-corrected chi connectivity index (χ1v) is 8.90. The fourth-order valence-corrected chi connectivity index (χ4v) is 3.49. The number of amides is 4. The fraction of sp³-hybridized carbons (Fsp3) is 0. The largest absolute Gasteiger partial charge is 0.323 e. The number of nitrogens with one attached hydrogen (secondary N) is 2. The number of rotatable bonds is 3. The van der Waals surface area contributed by atoms with Crippen molar-refractivity contribution in [3.8, 4) is 6.07 Å². The van der Waals surface area contributed by atoms with Gasteiger partial charge in [-0.2, -0.15) is 5.26 Å². The first-order chi connectivity index (χ1) is 13.5. The molecule has 0 saturated heterocycles. The molecular weight excluding hydrogens is 378 g/mol. The van der Waals surface area contributed by atoms with E-state index in [1.54, 1.807) is 42.5 Å². The van der Waals surface area contributed by atoms with E-state index < -0.39 is 17.8 Å². The van der Waals surface area contributed by atoms with Crippen LogP contribution in [0.3, 0.4) is 0 Å². The maximum atomic E-state index is 12.2. The van der Waals surface area contributed by atoms with Crippen molar-refractivity contribution in [2.45, 2.75) is 0 Å². The van der Waals surface area contributed by atoms with Gasteiger partial charge in [0.05, 0.1) is 15.9 Å². The monoisotopic (exact) mass is 389 g/mol. The van der Waals surface area contributed by atoms with E-state index in [4.69, 9.17) is 5.26 Å². The summed E-state index contributed by atoms with van der Waals surface area (Å²) in [6.45, 7) is 0. The van der Waals surface area contributed by atoms with Gasteiger partial charge < -0.3 is 10.6 Å². The smallest absolute Gasteiger partial charge is 0.308 e. The topological polar surface area (TPSA) is 115 Å². The number of urea groups is 1. The minimum atomic E-state index is -0.452. The fourth-order valence-electron chi connectivity index (χ4n) is 2.69. The Balaban J connectivity index is 1.43. The summed E-state index contributed by atoms with van der Waals surface area (Å²) in [4.78, 5) is 40.8. The molecule has 3 aromatic rings. The minimum absolute atomic E-state index is 0.363. The lowest BCUT2D eigenvalue weighted by molar-refractivity contribution is -0.119. The molecule has 136 valence electrons. The number of hydrogen-bond acceptors (Lipinski definition) is 6. The molecule has 8 nitrogen and oxygen atoms in total. The average molecular weight is 389 g/mol. The molecule has 1 aromatic heterocycles. The number of imide groups is 1. The van der Waals surface area contributed by atoms with Gasteiger partial charge in [-0.05, 0) is 42.5 Å². The van der Waals surface area contributed by atoms with Crippen LogP contribution in [0.4, 0.5) is 21.9 Å². The predicted octanol–water partition coefficient (Wildman–Crippen LogP) is 3.24. The molecular formula is C19H11N5O3S. The average Bonchev–Trinajstić information content (AvgIpc) is 3.24. The lowest BCUT2D eigenvalue weighted by atomic mass is 10.2. The van der Waals surface area contributed by atoms with Gasteiger partial charge >= 0.3 is 6.03 Å². The number of aromatic nitrogens is 1. The summed E-state index contributed by atoms with van der Waals surface area (Å²) >= 11 is 1.25. The van der Waals surface area contributed by atoms with Gasteiger partial charge in [0, 0.05) is 23.5 Å². The van der Waals surface area contributed by atoms with Crippen molar-refractivity contribution >= 4 is 56.5 Å². The quantitative estimate of drug-likeness (QED) is 0.667. The van der Waals surface area contributed by atoms with Crippen LogP contribution in [0.1, 0.15) is 5.01 Å². The Morgan fingerprint density at radius 2 is 1.64 bits per heavy atom. The van der Waals surface area contributed by atoms with Gasteiger partial charge in [-0.25, -0.2) is 14.7 Å². The van der Waals surface area contributed by atoms with E-state index in [2.05, 4.69) is 15.6 Å². The van der Waals surface area contributed by atoms with E-state index >= 15 is 0 Å². The van der Waals surface area contributed by atoms with Crippen LogP contribution in [0, 0.1) is 11.3 Å². The second-order valence-corrected chi connectivity index (χ2v) is 6.82. The number of thiazole rings is 1. The normalized spacial score (nSPS) is 13.0. The number of nitriles is 1. The van der Waals surface area contributed by atoms with Gasteiger partial charge in [-0.3, -0.25) is 9.59 Å². The SMILES string of the molecule is N#Cc1nc2ccc(NC(=O)Nc3ccc(N4C(=O)C=CC4=O)cc3)cc2s1. The van der Waals surface area contributed by atoms with E-state index in [9.17, 15) is 14.4 Å². The molecule has 1 aliphatic rings. The van der Waals surface area contributed by atoms with Crippen molar-refractivity contribution in [3.05, 3.63) is 59.6 Å². The Morgan fingerprint density at radius 1 is 1.00 bits per heavy atom. The number of benzene rings is 2. The number of nitrogens with zero attached hydrogens (tertiary/aromatic N) is 3. The van der Waals surface area contributed by atoms with E-state index in [-0.39, 0.29) is 0 Å². The summed E-state index contributed by atoms with van der Waals surface area (Å²) in [7, 11) is 0. The number of anilines is 3. The van der Waals surface area contributed by atoms with Gasteiger partial charge in [-0.1, -0.05) is 0 Å². The minimum Gasteiger partial charge on any atom is -0.308 e. The number of fused-ring (bicyclic) bond motifs is 1. The number of carbonyl (C=O) groups is 3. The maximum Gasteiger partial charge on any atom is 0.323 e. The zero-order chi connectivity index (χ0) is 19.7. The third kappa shape index (κ3) is 3.32. The molecule has 0 spiro atoms. The summed E-state index contributed by atoms with van der Waals surface area (Å²) in [6, 6.07) is 13.1. The van der Waals surface area contributed by atoms with Crippen LogP contribution in [-0.4, -0.2) is 22.8 Å². The molecule has 2 aromatic carbocycles. The number of hydrogen-bond donors (Lipinski definition) is 2. The van der Waals surface area contributed by atoms with Crippen LogP contribution in [-0.2, 0) is 9.59 Å². The third-order valence-corrected chi connectivity index (χ3v) is 4.86. The van der Waals surface area contributed by atoms with E-state index in [0.717, 1.165) is 9.60 Å². The second-order valence-electron chi connectivity index (χ2n) is 5.78. The summed E-state index contributed by atoms with van der Waals surface area (Å²) in [5.41, 5.74) is 2.19. The Morgan fingerprint density at radius 3 is 2.32 bits per heavy atom. The van der Waals surface area contributed by atoms with Gasteiger partial charge in [0.25, 0.3) is 11.8 Å². The molecule has 4 amide bonds. The highest BCUT2D eigenvalue weighted by atomic mass is 32.1. The highest BCUT2D eigenvalue weighted by Gasteiger charge is 2.24. The Bertz CT molecular complexity index is 1170. The van der Waals surface area contributed by atoms with Crippen molar-refractivity contribution in [1.82, 2.24) is 4.98 Å². The van der Waals surface area contributed by atoms with Crippen molar-refractivity contribution in [1.29, 1.82) is 5.26 Å². The molecule has 0 fully saturated rings. The highest BCUT2D eigenvalue weighted by Crippen LogP contribution is 2.25. The van der Waals surface area contributed by atoms with Crippen LogP contribution in [0.15, 0.2) is 54.6 Å². The van der Waals surface area contributed by atoms with Crippen molar-refractivity contribution < 1.29 is 14.4 Å². The van der Waals surface area contributed by atoms with Gasteiger partial charge in [0.2, 0.25) is 0 Å². The molecule has 0 bridgehead atoms. The molecule has 0 saturated carbocycles. The third-order valence-electron chi connectivity index (χ3n) is 3.93. The Kier molecular flexibility index (Phi) is 4.31. The first kappa shape index (κ1) is 17.4. The van der Waals surface area contributed by atoms with E-state index in [0.29, 0.717) is 27.6 Å². The molecule has 2 N–H and O–H groups in total. The zero-order valence-electron chi connectivity index (χ0n) is 14.2. The number of carbonyl (C=O) groups excluding carboxylic acids is 3. The van der Waals surface area contributed by atoms with Crippen LogP contribution >= 0.6 is 11.3 Å². The lowest BCUT2D eigenvalue weighted by Crippen LogP contribution is -2.29.